The number of ether oxygens (including phenoxy) is 2. The molecule has 1 aliphatic heterocycles. The van der Waals surface area contributed by atoms with Gasteiger partial charge in [0, 0.05) is 6.42 Å². The Bertz CT molecular complexity index is 324. The zero-order valence-corrected chi connectivity index (χ0v) is 14.7. The molecule has 0 unspecified atom stereocenters. The van der Waals surface area contributed by atoms with Gasteiger partial charge in [-0.2, -0.15) is 0 Å². The summed E-state index contributed by atoms with van der Waals surface area (Å²) < 4.78 is 17.6. The fraction of sp³-hybridized carbons (Fsp3) is 0.867. The maximum atomic E-state index is 10.3. The molecule has 4 nitrogen and oxygen atoms in total. The van der Waals surface area contributed by atoms with Crippen LogP contribution in [-0.2, 0) is 13.9 Å². The smallest absolute Gasteiger partial charge is 0.192 e. The lowest BCUT2D eigenvalue weighted by Crippen LogP contribution is -2.54. The third kappa shape index (κ3) is 4.40. The van der Waals surface area contributed by atoms with Crippen LogP contribution < -0.4 is 0 Å². The largest absolute Gasteiger partial charge is 0.411 e. The molecular formula is C15H30O4Si. The third-order valence-corrected chi connectivity index (χ3v) is 8.81. The lowest BCUT2D eigenvalue weighted by Gasteiger charge is -2.44. The van der Waals surface area contributed by atoms with E-state index in [1.807, 2.05) is 6.92 Å². The summed E-state index contributed by atoms with van der Waals surface area (Å²) in [5.74, 6) is 0. The second kappa shape index (κ2) is 6.71. The molecule has 1 aliphatic rings. The van der Waals surface area contributed by atoms with E-state index in [0.29, 0.717) is 13.0 Å². The molecule has 20 heavy (non-hydrogen) atoms. The summed E-state index contributed by atoms with van der Waals surface area (Å²) in [5, 5.41) is 10.4. The maximum Gasteiger partial charge on any atom is 0.192 e. The number of rotatable bonds is 5. The summed E-state index contributed by atoms with van der Waals surface area (Å²) >= 11 is 0. The second-order valence-electron chi connectivity index (χ2n) is 7.04. The van der Waals surface area contributed by atoms with Gasteiger partial charge in [0.1, 0.15) is 6.10 Å². The second-order valence-corrected chi connectivity index (χ2v) is 11.8. The molecule has 1 saturated heterocycles. The molecule has 0 aromatic carbocycles. The Morgan fingerprint density at radius 1 is 1.40 bits per heavy atom. The highest BCUT2D eigenvalue weighted by Gasteiger charge is 2.44. The Morgan fingerprint density at radius 3 is 2.50 bits per heavy atom. The summed E-state index contributed by atoms with van der Waals surface area (Å²) in [4.78, 5) is 0. The minimum Gasteiger partial charge on any atom is -0.411 e. The van der Waals surface area contributed by atoms with Gasteiger partial charge in [-0.05, 0) is 25.1 Å². The summed E-state index contributed by atoms with van der Waals surface area (Å²) in [6.07, 6.45) is 0.811. The van der Waals surface area contributed by atoms with Gasteiger partial charge in [-0.15, -0.1) is 6.58 Å². The lowest BCUT2D eigenvalue weighted by molar-refractivity contribution is -0.239. The van der Waals surface area contributed by atoms with Gasteiger partial charge in [-0.25, -0.2) is 0 Å². The van der Waals surface area contributed by atoms with Gasteiger partial charge >= 0.3 is 0 Å². The molecule has 118 valence electrons. The van der Waals surface area contributed by atoms with Crippen molar-refractivity contribution in [3.8, 4) is 0 Å². The average Bonchev–Trinajstić information content (AvgIpc) is 2.30. The molecule has 0 amide bonds. The van der Waals surface area contributed by atoms with Gasteiger partial charge in [0.05, 0.1) is 18.8 Å². The Balaban J connectivity index is 2.73. The zero-order valence-electron chi connectivity index (χ0n) is 13.7. The van der Waals surface area contributed by atoms with Gasteiger partial charge in [-0.1, -0.05) is 26.8 Å². The van der Waals surface area contributed by atoms with Crippen LogP contribution in [0.25, 0.3) is 0 Å². The first-order chi connectivity index (χ1) is 9.08. The monoisotopic (exact) mass is 302 g/mol. The molecule has 0 saturated carbocycles. The molecule has 4 atom stereocenters. The summed E-state index contributed by atoms with van der Waals surface area (Å²) in [6, 6.07) is 0. The Hall–Kier alpha value is -0.203. The van der Waals surface area contributed by atoms with Crippen molar-refractivity contribution >= 4 is 8.32 Å². The summed E-state index contributed by atoms with van der Waals surface area (Å²) in [5.41, 5.74) is 0. The van der Waals surface area contributed by atoms with Crippen molar-refractivity contribution < 1.29 is 19.0 Å². The van der Waals surface area contributed by atoms with E-state index < -0.39 is 14.4 Å². The van der Waals surface area contributed by atoms with Crippen molar-refractivity contribution in [3.05, 3.63) is 12.7 Å². The lowest BCUT2D eigenvalue weighted by atomic mass is 10.0. The van der Waals surface area contributed by atoms with Crippen molar-refractivity contribution in [3.63, 3.8) is 0 Å². The van der Waals surface area contributed by atoms with Crippen LogP contribution in [0, 0.1) is 0 Å². The Morgan fingerprint density at radius 2 is 2.00 bits per heavy atom. The first-order valence-corrected chi connectivity index (χ1v) is 10.2. The van der Waals surface area contributed by atoms with E-state index >= 15 is 0 Å². The molecule has 0 aromatic heterocycles. The van der Waals surface area contributed by atoms with Gasteiger partial charge in [0.25, 0.3) is 0 Å². The molecule has 0 radical (unpaired) electrons. The first kappa shape index (κ1) is 17.8. The Kier molecular flexibility index (Phi) is 5.98. The van der Waals surface area contributed by atoms with Crippen LogP contribution in [0.2, 0.25) is 18.1 Å². The van der Waals surface area contributed by atoms with Gasteiger partial charge in [-0.3, -0.25) is 0 Å². The minimum atomic E-state index is -1.92. The van der Waals surface area contributed by atoms with Crippen LogP contribution in [-0.4, -0.2) is 44.6 Å². The van der Waals surface area contributed by atoms with Crippen LogP contribution in [0.4, 0.5) is 0 Å². The molecule has 1 heterocycles. The fourth-order valence-corrected chi connectivity index (χ4v) is 3.31. The number of hydrogen-bond donors (Lipinski definition) is 1. The summed E-state index contributed by atoms with van der Waals surface area (Å²) in [7, 11) is -1.92. The predicted molar refractivity (Wildman–Crippen MR) is 83.2 cm³/mol. The molecular weight excluding hydrogens is 272 g/mol. The number of aliphatic hydroxyl groups excluding tert-OH is 1. The average molecular weight is 302 g/mol. The standard InChI is InChI=1S/C15H30O4Si/c1-8-9-17-13-10-12(14(16)11(2)18-13)19-20(6,7)15(3,4)5/h8,11-14,16H,1,9-10H2,2-7H3/t11-,12-,13+,14-/m0/s1. The quantitative estimate of drug-likeness (QED) is 0.626. The van der Waals surface area contributed by atoms with E-state index in [1.165, 1.54) is 0 Å². The molecule has 1 fully saturated rings. The third-order valence-electron chi connectivity index (χ3n) is 4.31. The van der Waals surface area contributed by atoms with Gasteiger partial charge in [0.15, 0.2) is 14.6 Å². The highest BCUT2D eigenvalue weighted by Crippen LogP contribution is 2.39. The molecule has 1 rings (SSSR count). The normalized spacial score (nSPS) is 32.1. The molecule has 0 bridgehead atoms. The van der Waals surface area contributed by atoms with Crippen molar-refractivity contribution in [2.75, 3.05) is 6.61 Å². The van der Waals surface area contributed by atoms with Gasteiger partial charge in [0.2, 0.25) is 0 Å². The Labute approximate surface area is 124 Å². The predicted octanol–water partition coefficient (Wildman–Crippen LogP) is 3.08. The maximum absolute atomic E-state index is 10.3. The SMILES string of the molecule is C=CCO[C@H]1C[C@H](O[Si](C)(C)C(C)(C)C)[C@@H](O)[C@H](C)O1. The van der Waals surface area contributed by atoms with Crippen LogP contribution >= 0.6 is 0 Å². The summed E-state index contributed by atoms with van der Waals surface area (Å²) in [6.45, 7) is 16.9. The van der Waals surface area contributed by atoms with Crippen LogP contribution in [0.1, 0.15) is 34.1 Å². The first-order valence-electron chi connectivity index (χ1n) is 7.32. The zero-order chi connectivity index (χ0) is 15.6. The highest BCUT2D eigenvalue weighted by molar-refractivity contribution is 6.74. The van der Waals surface area contributed by atoms with Crippen molar-refractivity contribution in [1.29, 1.82) is 0 Å². The fourth-order valence-electron chi connectivity index (χ4n) is 1.96. The number of aliphatic hydroxyl groups is 1. The van der Waals surface area contributed by atoms with Crippen molar-refractivity contribution in [2.24, 2.45) is 0 Å². The van der Waals surface area contributed by atoms with E-state index in [2.05, 4.69) is 40.4 Å². The van der Waals surface area contributed by atoms with E-state index in [4.69, 9.17) is 13.9 Å². The van der Waals surface area contributed by atoms with Crippen LogP contribution in [0.15, 0.2) is 12.7 Å². The van der Waals surface area contributed by atoms with Crippen molar-refractivity contribution in [2.45, 2.75) is 76.8 Å². The molecule has 0 spiro atoms. The van der Waals surface area contributed by atoms with Crippen LogP contribution in [0.5, 0.6) is 0 Å². The molecule has 5 heteroatoms. The van der Waals surface area contributed by atoms with E-state index in [-0.39, 0.29) is 23.5 Å². The molecule has 0 aliphatic carbocycles. The van der Waals surface area contributed by atoms with E-state index in [1.54, 1.807) is 6.08 Å². The van der Waals surface area contributed by atoms with Crippen molar-refractivity contribution in [1.82, 2.24) is 0 Å². The molecule has 0 aromatic rings. The van der Waals surface area contributed by atoms with Crippen LogP contribution in [0.3, 0.4) is 0 Å². The number of hydrogen-bond acceptors (Lipinski definition) is 4. The molecule has 1 N–H and O–H groups in total. The van der Waals surface area contributed by atoms with Gasteiger partial charge < -0.3 is 19.0 Å². The van der Waals surface area contributed by atoms with E-state index in [0.717, 1.165) is 0 Å². The van der Waals surface area contributed by atoms with E-state index in [9.17, 15) is 5.11 Å². The highest BCUT2D eigenvalue weighted by atomic mass is 28.4. The minimum absolute atomic E-state index is 0.117. The topological polar surface area (TPSA) is 47.9 Å².